The molecule has 0 saturated carbocycles. The Kier molecular flexibility index (Phi) is 7.17. The van der Waals surface area contributed by atoms with E-state index in [2.05, 4.69) is 20.7 Å². The molecule has 0 aromatic heterocycles. The second-order valence-electron chi connectivity index (χ2n) is 7.84. The van der Waals surface area contributed by atoms with Gasteiger partial charge in [-0.1, -0.05) is 18.2 Å². The SMILES string of the molecule is COc1ccc(C2/C(=C(\O)c3ccc(OC)c(Br)c3)C(=O)C(=O)N2c2cccc(OC(F)(F)F)c2)cc1. The largest absolute Gasteiger partial charge is 0.573 e. The van der Waals surface area contributed by atoms with Crippen molar-refractivity contribution in [1.29, 1.82) is 0 Å². The third-order valence-electron chi connectivity index (χ3n) is 5.63. The predicted molar refractivity (Wildman–Crippen MR) is 132 cm³/mol. The number of hydrogen-bond donors (Lipinski definition) is 1. The van der Waals surface area contributed by atoms with Crippen molar-refractivity contribution in [3.8, 4) is 17.2 Å². The van der Waals surface area contributed by atoms with Gasteiger partial charge in [0, 0.05) is 17.3 Å². The Morgan fingerprint density at radius 1 is 0.946 bits per heavy atom. The number of ketones is 1. The zero-order valence-electron chi connectivity index (χ0n) is 19.4. The first kappa shape index (κ1) is 26.1. The van der Waals surface area contributed by atoms with Crippen molar-refractivity contribution in [2.75, 3.05) is 19.1 Å². The van der Waals surface area contributed by atoms with Gasteiger partial charge < -0.3 is 19.3 Å². The van der Waals surface area contributed by atoms with Crippen LogP contribution in [0.2, 0.25) is 0 Å². The fraction of sp³-hybridized carbons (Fsp3) is 0.154. The van der Waals surface area contributed by atoms with Crippen LogP contribution in [-0.4, -0.2) is 37.4 Å². The molecule has 0 spiro atoms. The Balaban J connectivity index is 1.90. The molecule has 1 unspecified atom stereocenters. The molecule has 7 nitrogen and oxygen atoms in total. The number of aliphatic hydroxyl groups excluding tert-OH is 1. The fourth-order valence-corrected chi connectivity index (χ4v) is 4.54. The molecule has 3 aromatic rings. The summed E-state index contributed by atoms with van der Waals surface area (Å²) in [6.45, 7) is 0. The first-order valence-corrected chi connectivity index (χ1v) is 11.5. The summed E-state index contributed by atoms with van der Waals surface area (Å²) >= 11 is 3.33. The Hall–Kier alpha value is -3.99. The summed E-state index contributed by atoms with van der Waals surface area (Å²) < 4.78 is 53.3. The van der Waals surface area contributed by atoms with Gasteiger partial charge in [0.05, 0.1) is 30.3 Å². The van der Waals surface area contributed by atoms with Gasteiger partial charge in [-0.3, -0.25) is 14.5 Å². The van der Waals surface area contributed by atoms with Crippen LogP contribution in [0.15, 0.2) is 76.8 Å². The van der Waals surface area contributed by atoms with Gasteiger partial charge in [-0.05, 0) is 64.0 Å². The van der Waals surface area contributed by atoms with Gasteiger partial charge in [0.15, 0.2) is 0 Å². The molecule has 1 fully saturated rings. The first-order chi connectivity index (χ1) is 17.5. The number of anilines is 1. The fourth-order valence-electron chi connectivity index (χ4n) is 4.00. The topological polar surface area (TPSA) is 85.3 Å². The number of benzene rings is 3. The molecule has 37 heavy (non-hydrogen) atoms. The Morgan fingerprint density at radius 3 is 2.24 bits per heavy atom. The van der Waals surface area contributed by atoms with Crippen molar-refractivity contribution in [3.05, 3.63) is 87.9 Å². The molecular formula is C26H19BrF3NO6. The molecule has 1 aliphatic heterocycles. The Bertz CT molecular complexity index is 1390. The van der Waals surface area contributed by atoms with Crippen LogP contribution >= 0.6 is 15.9 Å². The van der Waals surface area contributed by atoms with E-state index in [1.165, 1.54) is 38.5 Å². The number of hydrogen-bond acceptors (Lipinski definition) is 6. The number of aliphatic hydroxyl groups is 1. The lowest BCUT2D eigenvalue weighted by atomic mass is 9.95. The van der Waals surface area contributed by atoms with Crippen LogP contribution in [0.4, 0.5) is 18.9 Å². The quantitative estimate of drug-likeness (QED) is 0.220. The maximum absolute atomic E-state index is 13.3. The first-order valence-electron chi connectivity index (χ1n) is 10.7. The van der Waals surface area contributed by atoms with Gasteiger partial charge in [-0.25, -0.2) is 0 Å². The minimum atomic E-state index is -4.95. The number of methoxy groups -OCH3 is 2. The third-order valence-corrected chi connectivity index (χ3v) is 6.25. The van der Waals surface area contributed by atoms with E-state index in [1.54, 1.807) is 30.3 Å². The molecule has 0 radical (unpaired) electrons. The Labute approximate surface area is 217 Å². The number of amides is 1. The van der Waals surface area contributed by atoms with E-state index in [4.69, 9.17) is 9.47 Å². The summed E-state index contributed by atoms with van der Waals surface area (Å²) in [5.74, 6) is -2.09. The van der Waals surface area contributed by atoms with Gasteiger partial charge in [-0.2, -0.15) is 0 Å². The minimum absolute atomic E-state index is 0.0281. The number of carbonyl (C=O) groups is 2. The van der Waals surface area contributed by atoms with E-state index < -0.39 is 35.6 Å². The Morgan fingerprint density at radius 2 is 1.65 bits per heavy atom. The van der Waals surface area contributed by atoms with E-state index >= 15 is 0 Å². The lowest BCUT2D eigenvalue weighted by Crippen LogP contribution is -2.29. The lowest BCUT2D eigenvalue weighted by Gasteiger charge is -2.26. The molecule has 4 rings (SSSR count). The van der Waals surface area contributed by atoms with Crippen LogP contribution in [0.3, 0.4) is 0 Å². The summed E-state index contributed by atoms with van der Waals surface area (Å²) in [7, 11) is 2.93. The van der Waals surface area contributed by atoms with Gasteiger partial charge in [-0.15, -0.1) is 13.2 Å². The zero-order valence-corrected chi connectivity index (χ0v) is 21.0. The van der Waals surface area contributed by atoms with Crippen LogP contribution in [0.5, 0.6) is 17.2 Å². The smallest absolute Gasteiger partial charge is 0.507 e. The summed E-state index contributed by atoms with van der Waals surface area (Å²) in [6, 6.07) is 14.5. The van der Waals surface area contributed by atoms with E-state index in [9.17, 15) is 27.9 Å². The predicted octanol–water partition coefficient (Wildman–Crippen LogP) is 5.99. The van der Waals surface area contributed by atoms with Gasteiger partial charge >= 0.3 is 6.36 Å². The zero-order chi connectivity index (χ0) is 26.9. The lowest BCUT2D eigenvalue weighted by molar-refractivity contribution is -0.274. The molecule has 0 aliphatic carbocycles. The number of carbonyl (C=O) groups excluding carboxylic acids is 2. The average Bonchev–Trinajstić information content (AvgIpc) is 3.13. The number of Topliss-reactive ketones (excluding diaryl/α,β-unsaturated/α-hetero) is 1. The van der Waals surface area contributed by atoms with Gasteiger partial charge in [0.2, 0.25) is 0 Å². The molecule has 1 N–H and O–H groups in total. The molecule has 1 heterocycles. The molecule has 192 valence electrons. The maximum Gasteiger partial charge on any atom is 0.573 e. The van der Waals surface area contributed by atoms with Crippen LogP contribution in [0, 0.1) is 0 Å². The van der Waals surface area contributed by atoms with Gasteiger partial charge in [0.25, 0.3) is 11.7 Å². The van der Waals surface area contributed by atoms with Crippen molar-refractivity contribution in [3.63, 3.8) is 0 Å². The standard InChI is InChI=1S/C26H19BrF3NO6/c1-35-17-9-6-14(7-10-17)22-21(23(32)15-8-11-20(36-2)19(27)12-15)24(33)25(34)31(22)16-4-3-5-18(13-16)37-26(28,29)30/h3-13,22,32H,1-2H3/b23-21+. The van der Waals surface area contributed by atoms with E-state index in [1.807, 2.05) is 0 Å². The summed E-state index contributed by atoms with van der Waals surface area (Å²) in [5.41, 5.74) is 0.364. The highest BCUT2D eigenvalue weighted by Gasteiger charge is 2.47. The third kappa shape index (κ3) is 5.26. The van der Waals surface area contributed by atoms with Crippen molar-refractivity contribution in [1.82, 2.24) is 0 Å². The highest BCUT2D eigenvalue weighted by molar-refractivity contribution is 9.10. The monoisotopic (exact) mass is 577 g/mol. The average molecular weight is 578 g/mol. The van der Waals surface area contributed by atoms with Crippen molar-refractivity contribution in [2.45, 2.75) is 12.4 Å². The van der Waals surface area contributed by atoms with Crippen LogP contribution in [0.25, 0.3) is 5.76 Å². The van der Waals surface area contributed by atoms with E-state index in [-0.39, 0.29) is 16.8 Å². The van der Waals surface area contributed by atoms with E-state index in [0.29, 0.717) is 21.5 Å². The maximum atomic E-state index is 13.3. The van der Waals surface area contributed by atoms with Crippen LogP contribution in [-0.2, 0) is 9.59 Å². The van der Waals surface area contributed by atoms with Crippen molar-refractivity contribution < 1.29 is 42.1 Å². The number of halogens is 4. The molecular weight excluding hydrogens is 559 g/mol. The number of nitrogens with zero attached hydrogens (tertiary/aromatic N) is 1. The summed E-state index contributed by atoms with van der Waals surface area (Å²) in [6.07, 6.45) is -4.95. The molecule has 1 saturated heterocycles. The summed E-state index contributed by atoms with van der Waals surface area (Å²) in [4.78, 5) is 27.5. The normalized spacial score (nSPS) is 17.1. The molecule has 3 aromatic carbocycles. The summed E-state index contributed by atoms with van der Waals surface area (Å²) in [5, 5.41) is 11.2. The van der Waals surface area contributed by atoms with Crippen LogP contribution in [0.1, 0.15) is 17.2 Å². The number of alkyl halides is 3. The second-order valence-corrected chi connectivity index (χ2v) is 8.69. The molecule has 1 amide bonds. The molecule has 0 bridgehead atoms. The number of rotatable bonds is 6. The van der Waals surface area contributed by atoms with Crippen molar-refractivity contribution in [2.24, 2.45) is 0 Å². The minimum Gasteiger partial charge on any atom is -0.507 e. The van der Waals surface area contributed by atoms with Crippen molar-refractivity contribution >= 4 is 39.1 Å². The number of ether oxygens (including phenoxy) is 3. The highest BCUT2D eigenvalue weighted by atomic mass is 79.9. The molecule has 11 heteroatoms. The molecule has 1 aliphatic rings. The molecule has 1 atom stereocenters. The second kappa shape index (κ2) is 10.2. The van der Waals surface area contributed by atoms with Crippen LogP contribution < -0.4 is 19.1 Å². The van der Waals surface area contributed by atoms with E-state index in [0.717, 1.165) is 17.0 Å². The highest BCUT2D eigenvalue weighted by Crippen LogP contribution is 2.44. The van der Waals surface area contributed by atoms with Gasteiger partial charge in [0.1, 0.15) is 23.0 Å².